The summed E-state index contributed by atoms with van der Waals surface area (Å²) in [5.74, 6) is -0.451. The molecular weight excluding hydrogens is 837 g/mol. The lowest BCUT2D eigenvalue weighted by atomic mass is 10.1. The van der Waals surface area contributed by atoms with Gasteiger partial charge in [0.15, 0.2) is 6.10 Å². The third-order valence-corrected chi connectivity index (χ3v) is 11.8. The van der Waals surface area contributed by atoms with Crippen LogP contribution in [0.25, 0.3) is 0 Å². The number of hydrogen-bond acceptors (Lipinski definition) is 5. The number of ether oxygens (including phenoxy) is 3. The van der Waals surface area contributed by atoms with Gasteiger partial charge in [0, 0.05) is 19.4 Å². The highest BCUT2D eigenvalue weighted by molar-refractivity contribution is 5.70. The van der Waals surface area contributed by atoms with Crippen LogP contribution in [0.15, 0.2) is 109 Å². The second kappa shape index (κ2) is 57.9. The summed E-state index contributed by atoms with van der Waals surface area (Å²) < 4.78 is 17.4. The van der Waals surface area contributed by atoms with E-state index in [-0.39, 0.29) is 25.2 Å². The smallest absolute Gasteiger partial charge is 0.306 e. The van der Waals surface area contributed by atoms with Crippen LogP contribution in [0.4, 0.5) is 0 Å². The summed E-state index contributed by atoms with van der Waals surface area (Å²) in [4.78, 5) is 25.5. The molecule has 1 atom stereocenters. The zero-order valence-corrected chi connectivity index (χ0v) is 44.6. The normalized spacial score (nSPS) is 13.0. The number of allylic oxidation sites excluding steroid dienone is 18. The molecule has 0 aliphatic carbocycles. The van der Waals surface area contributed by atoms with Crippen molar-refractivity contribution in [3.63, 3.8) is 0 Å². The SMILES string of the molecule is CC/C=C\C/C=C\C/C=C\C/C=C\C/C=C\CCCCCC(=O)OCC(COCCCCCC/C=C\C/C=C\C/C=C\CC)OC(=O)CCCCCCCCCCC/C=C\CCCCCCCC. The average molecular weight is 944 g/mol. The van der Waals surface area contributed by atoms with E-state index < -0.39 is 6.10 Å². The van der Waals surface area contributed by atoms with Crippen molar-refractivity contribution in [3.8, 4) is 0 Å². The molecule has 0 bridgehead atoms. The quantitative estimate of drug-likeness (QED) is 0.0345. The van der Waals surface area contributed by atoms with Crippen molar-refractivity contribution in [3.05, 3.63) is 109 Å². The molecule has 388 valence electrons. The standard InChI is InChI=1S/C63H106O5/c1-4-7-10-13-16-19-22-25-28-30-32-34-36-38-41-44-47-50-53-56-62(64)67-60-61(59-66-58-55-52-49-46-43-40-27-24-21-18-15-12-9-6-3)68-63(65)57-54-51-48-45-42-39-37-35-33-31-29-26-23-20-17-14-11-8-5-2/h7,9-10,12,16,18-19,21,25-29,32,34,38,40-41,61H,4-6,8,11,13-15,17,20,22-24,30-31,33,35-37,39,42-60H2,1-3H3/b10-7-,12-9-,19-16-,21-18-,28-25-,29-26-,34-32-,40-27-,41-38-. The fourth-order valence-electron chi connectivity index (χ4n) is 7.60. The first-order valence-corrected chi connectivity index (χ1v) is 28.4. The summed E-state index contributed by atoms with van der Waals surface area (Å²) in [6.07, 6.45) is 79.7. The summed E-state index contributed by atoms with van der Waals surface area (Å²) in [5, 5.41) is 0. The molecule has 0 aromatic heterocycles. The van der Waals surface area contributed by atoms with Gasteiger partial charge in [-0.25, -0.2) is 0 Å². The number of hydrogen-bond donors (Lipinski definition) is 0. The molecule has 0 aromatic rings. The van der Waals surface area contributed by atoms with Gasteiger partial charge < -0.3 is 14.2 Å². The molecule has 5 nitrogen and oxygen atoms in total. The van der Waals surface area contributed by atoms with E-state index in [1.54, 1.807) is 0 Å². The van der Waals surface area contributed by atoms with Crippen molar-refractivity contribution in [2.75, 3.05) is 19.8 Å². The Morgan fingerprint density at radius 1 is 0.338 bits per heavy atom. The molecule has 0 amide bonds. The van der Waals surface area contributed by atoms with E-state index in [0.717, 1.165) is 116 Å². The van der Waals surface area contributed by atoms with Crippen molar-refractivity contribution in [1.29, 1.82) is 0 Å². The second-order valence-corrected chi connectivity index (χ2v) is 18.4. The minimum absolute atomic E-state index is 0.0526. The van der Waals surface area contributed by atoms with Gasteiger partial charge in [-0.15, -0.1) is 0 Å². The molecule has 68 heavy (non-hydrogen) atoms. The van der Waals surface area contributed by atoms with E-state index >= 15 is 0 Å². The Bertz CT molecular complexity index is 1340. The molecular formula is C63H106O5. The van der Waals surface area contributed by atoms with Crippen LogP contribution in [0.1, 0.15) is 252 Å². The second-order valence-electron chi connectivity index (χ2n) is 18.4. The maximum atomic E-state index is 12.9. The Balaban J connectivity index is 4.36. The van der Waals surface area contributed by atoms with Crippen LogP contribution in [-0.4, -0.2) is 37.9 Å². The van der Waals surface area contributed by atoms with Gasteiger partial charge >= 0.3 is 11.9 Å². The number of unbranched alkanes of at least 4 members (excludes halogenated alkanes) is 22. The van der Waals surface area contributed by atoms with Gasteiger partial charge in [0.25, 0.3) is 0 Å². The van der Waals surface area contributed by atoms with E-state index in [2.05, 4.69) is 130 Å². The predicted octanol–water partition coefficient (Wildman–Crippen LogP) is 19.6. The monoisotopic (exact) mass is 943 g/mol. The Morgan fingerprint density at radius 2 is 0.662 bits per heavy atom. The molecule has 1 unspecified atom stereocenters. The Hall–Kier alpha value is -3.44. The lowest BCUT2D eigenvalue weighted by Crippen LogP contribution is -2.30. The van der Waals surface area contributed by atoms with Gasteiger partial charge in [0.1, 0.15) is 6.61 Å². The van der Waals surface area contributed by atoms with E-state index in [1.165, 1.54) is 103 Å². The first-order chi connectivity index (χ1) is 33.6. The molecule has 5 heteroatoms. The fraction of sp³-hybridized carbons (Fsp3) is 0.683. The molecule has 0 rings (SSSR count). The van der Waals surface area contributed by atoms with Crippen LogP contribution in [0.3, 0.4) is 0 Å². The first-order valence-electron chi connectivity index (χ1n) is 28.4. The van der Waals surface area contributed by atoms with Crippen LogP contribution in [-0.2, 0) is 23.8 Å². The highest BCUT2D eigenvalue weighted by Gasteiger charge is 2.17. The van der Waals surface area contributed by atoms with E-state index in [1.807, 2.05) is 0 Å². The summed E-state index contributed by atoms with van der Waals surface area (Å²) >= 11 is 0. The molecule has 0 heterocycles. The fourth-order valence-corrected chi connectivity index (χ4v) is 7.60. The molecule has 0 aromatic carbocycles. The molecule has 0 saturated carbocycles. The van der Waals surface area contributed by atoms with Gasteiger partial charge in [-0.1, -0.05) is 226 Å². The summed E-state index contributed by atoms with van der Waals surface area (Å²) in [7, 11) is 0. The highest BCUT2D eigenvalue weighted by Crippen LogP contribution is 2.14. The minimum Gasteiger partial charge on any atom is -0.462 e. The van der Waals surface area contributed by atoms with Crippen LogP contribution in [0, 0.1) is 0 Å². The first kappa shape index (κ1) is 64.6. The molecule has 0 N–H and O–H groups in total. The maximum absolute atomic E-state index is 12.9. The Kier molecular flexibility index (Phi) is 54.9. The summed E-state index contributed by atoms with van der Waals surface area (Å²) in [5.41, 5.74) is 0. The third-order valence-electron chi connectivity index (χ3n) is 11.8. The topological polar surface area (TPSA) is 61.8 Å². The van der Waals surface area contributed by atoms with Gasteiger partial charge in [0.2, 0.25) is 0 Å². The summed E-state index contributed by atoms with van der Waals surface area (Å²) in [6.45, 7) is 7.52. The van der Waals surface area contributed by atoms with Crippen molar-refractivity contribution < 1.29 is 23.8 Å². The maximum Gasteiger partial charge on any atom is 0.306 e. The zero-order chi connectivity index (χ0) is 49.2. The van der Waals surface area contributed by atoms with E-state index in [0.29, 0.717) is 19.4 Å². The largest absolute Gasteiger partial charge is 0.462 e. The predicted molar refractivity (Wildman–Crippen MR) is 297 cm³/mol. The van der Waals surface area contributed by atoms with Gasteiger partial charge in [-0.05, 0) is 122 Å². The molecule has 0 fully saturated rings. The van der Waals surface area contributed by atoms with E-state index in [4.69, 9.17) is 14.2 Å². The Morgan fingerprint density at radius 3 is 1.09 bits per heavy atom. The van der Waals surface area contributed by atoms with Crippen molar-refractivity contribution in [2.45, 2.75) is 258 Å². The number of esters is 2. The van der Waals surface area contributed by atoms with E-state index in [9.17, 15) is 9.59 Å². The lowest BCUT2D eigenvalue weighted by Gasteiger charge is -2.18. The summed E-state index contributed by atoms with van der Waals surface area (Å²) in [6, 6.07) is 0. The van der Waals surface area contributed by atoms with Gasteiger partial charge in [-0.2, -0.15) is 0 Å². The highest BCUT2D eigenvalue weighted by atomic mass is 16.6. The molecule has 0 radical (unpaired) electrons. The lowest BCUT2D eigenvalue weighted by molar-refractivity contribution is -0.163. The van der Waals surface area contributed by atoms with Crippen LogP contribution < -0.4 is 0 Å². The molecule has 0 aliphatic heterocycles. The van der Waals surface area contributed by atoms with Crippen LogP contribution in [0.2, 0.25) is 0 Å². The third kappa shape index (κ3) is 55.2. The molecule has 0 spiro atoms. The minimum atomic E-state index is -0.570. The van der Waals surface area contributed by atoms with Gasteiger partial charge in [-0.3, -0.25) is 9.59 Å². The number of carbonyl (C=O) groups excluding carboxylic acids is 2. The number of rotatable bonds is 51. The van der Waals surface area contributed by atoms with Crippen LogP contribution >= 0.6 is 0 Å². The zero-order valence-electron chi connectivity index (χ0n) is 44.6. The molecule has 0 saturated heterocycles. The van der Waals surface area contributed by atoms with Crippen molar-refractivity contribution >= 4 is 11.9 Å². The van der Waals surface area contributed by atoms with Crippen LogP contribution in [0.5, 0.6) is 0 Å². The van der Waals surface area contributed by atoms with Gasteiger partial charge in [0.05, 0.1) is 6.61 Å². The average Bonchev–Trinajstić information content (AvgIpc) is 3.34. The van der Waals surface area contributed by atoms with Crippen molar-refractivity contribution in [2.24, 2.45) is 0 Å². The number of carbonyl (C=O) groups is 2. The Labute approximate surface area is 421 Å². The molecule has 0 aliphatic rings. The van der Waals surface area contributed by atoms with Crippen molar-refractivity contribution in [1.82, 2.24) is 0 Å².